The Morgan fingerprint density at radius 3 is 2.94 bits per heavy atom. The molecule has 0 saturated carbocycles. The van der Waals surface area contributed by atoms with Crippen LogP contribution in [0.1, 0.15) is 6.42 Å². The van der Waals surface area contributed by atoms with Gasteiger partial charge in [0.25, 0.3) is 0 Å². The number of halogens is 3. The van der Waals surface area contributed by atoms with Crippen molar-refractivity contribution in [1.82, 2.24) is 0 Å². The van der Waals surface area contributed by atoms with Crippen LogP contribution in [0.15, 0.2) is 18.2 Å². The third-order valence-electron chi connectivity index (χ3n) is 2.62. The Bertz CT molecular complexity index is 426. The largest absolute Gasteiger partial charge is 0.311 e. The molecule has 0 aromatic heterocycles. The summed E-state index contributed by atoms with van der Waals surface area (Å²) >= 11 is 5.51. The van der Waals surface area contributed by atoms with E-state index >= 15 is 0 Å². The van der Waals surface area contributed by atoms with E-state index in [2.05, 4.69) is 38.5 Å². The number of rotatable bonds is 2. The third kappa shape index (κ3) is 2.40. The fraction of sp³-hybridized carbons (Fsp3) is 0.364. The third-order valence-corrected chi connectivity index (χ3v) is 4.45. The maximum Gasteiger partial charge on any atom is 0.227 e. The summed E-state index contributed by atoms with van der Waals surface area (Å²) in [5, 5.41) is 0.807. The lowest BCUT2D eigenvalue weighted by molar-refractivity contribution is -0.117. The lowest BCUT2D eigenvalue weighted by Gasteiger charge is -2.18. The Labute approximate surface area is 115 Å². The summed E-state index contributed by atoms with van der Waals surface area (Å²) in [4.78, 5) is 13.5. The first-order chi connectivity index (χ1) is 7.61. The summed E-state index contributed by atoms with van der Waals surface area (Å²) in [7, 11) is 0. The van der Waals surface area contributed by atoms with Crippen molar-refractivity contribution in [2.45, 2.75) is 6.42 Å². The van der Waals surface area contributed by atoms with Crippen LogP contribution in [-0.2, 0) is 4.79 Å². The highest BCUT2D eigenvalue weighted by Crippen LogP contribution is 2.30. The van der Waals surface area contributed by atoms with Gasteiger partial charge in [0.2, 0.25) is 5.91 Å². The van der Waals surface area contributed by atoms with Gasteiger partial charge >= 0.3 is 0 Å². The summed E-state index contributed by atoms with van der Waals surface area (Å²) in [6, 6.07) is 4.53. The fourth-order valence-corrected chi connectivity index (χ4v) is 2.87. The van der Waals surface area contributed by atoms with Crippen molar-refractivity contribution in [3.8, 4) is 0 Å². The molecule has 1 saturated heterocycles. The summed E-state index contributed by atoms with van der Waals surface area (Å²) in [6.45, 7) is 0.670. The normalized spacial score (nSPS) is 20.6. The first kappa shape index (κ1) is 12.3. The molecule has 2 nitrogen and oxygen atoms in total. The van der Waals surface area contributed by atoms with Crippen molar-refractivity contribution >= 4 is 50.1 Å². The Hall–Kier alpha value is -0.170. The highest BCUT2D eigenvalue weighted by atomic mass is 127. The predicted molar refractivity (Wildman–Crippen MR) is 73.4 cm³/mol. The van der Waals surface area contributed by atoms with Gasteiger partial charge in [-0.25, -0.2) is 4.39 Å². The summed E-state index contributed by atoms with van der Waals surface area (Å²) in [5.74, 6) is 0.102. The van der Waals surface area contributed by atoms with E-state index in [1.807, 2.05) is 0 Å². The monoisotopic (exact) mass is 397 g/mol. The van der Waals surface area contributed by atoms with E-state index in [0.717, 1.165) is 8.90 Å². The number of anilines is 1. The van der Waals surface area contributed by atoms with Gasteiger partial charge in [0, 0.05) is 21.9 Å². The van der Waals surface area contributed by atoms with Crippen molar-refractivity contribution in [2.75, 3.05) is 16.8 Å². The van der Waals surface area contributed by atoms with Crippen molar-refractivity contribution in [3.05, 3.63) is 27.6 Å². The smallest absolute Gasteiger partial charge is 0.227 e. The molecule has 0 N–H and O–H groups in total. The SMILES string of the molecule is O=C1CC(CBr)CN1c1cc(F)ccc1I. The molecule has 1 aliphatic rings. The van der Waals surface area contributed by atoms with Crippen molar-refractivity contribution in [3.63, 3.8) is 0 Å². The molecule has 5 heteroatoms. The highest BCUT2D eigenvalue weighted by Gasteiger charge is 2.30. The Balaban J connectivity index is 2.30. The van der Waals surface area contributed by atoms with E-state index in [9.17, 15) is 9.18 Å². The highest BCUT2D eigenvalue weighted by molar-refractivity contribution is 14.1. The van der Waals surface area contributed by atoms with Crippen LogP contribution in [0.25, 0.3) is 0 Å². The molecule has 0 spiro atoms. The first-order valence-corrected chi connectivity index (χ1v) is 7.13. The van der Waals surface area contributed by atoms with Gasteiger partial charge in [-0.1, -0.05) is 15.9 Å². The number of benzene rings is 1. The summed E-state index contributed by atoms with van der Waals surface area (Å²) < 4.78 is 14.1. The molecule has 1 heterocycles. The Morgan fingerprint density at radius 1 is 1.56 bits per heavy atom. The minimum absolute atomic E-state index is 0.0768. The van der Waals surface area contributed by atoms with Gasteiger partial charge in [0.1, 0.15) is 5.82 Å². The van der Waals surface area contributed by atoms with Crippen LogP contribution in [-0.4, -0.2) is 17.8 Å². The number of nitrogens with zero attached hydrogens (tertiary/aromatic N) is 1. The van der Waals surface area contributed by atoms with Crippen LogP contribution in [0.5, 0.6) is 0 Å². The molecule has 1 aliphatic heterocycles. The molecule has 0 aliphatic carbocycles. The van der Waals surface area contributed by atoms with Crippen molar-refractivity contribution in [1.29, 1.82) is 0 Å². The van der Waals surface area contributed by atoms with E-state index in [4.69, 9.17) is 0 Å². The van der Waals surface area contributed by atoms with E-state index in [1.165, 1.54) is 12.1 Å². The minimum Gasteiger partial charge on any atom is -0.311 e. The zero-order valence-corrected chi connectivity index (χ0v) is 12.2. The maximum atomic E-state index is 13.2. The number of hydrogen-bond donors (Lipinski definition) is 0. The molecule has 1 amide bonds. The summed E-state index contributed by atoms with van der Waals surface area (Å²) in [5.41, 5.74) is 0.689. The lowest BCUT2D eigenvalue weighted by atomic mass is 10.2. The Morgan fingerprint density at radius 2 is 2.31 bits per heavy atom. The molecule has 0 bridgehead atoms. The minimum atomic E-state index is -0.300. The standard InChI is InChI=1S/C11H10BrFINO/c12-5-7-3-11(16)15(6-7)10-4-8(13)1-2-9(10)14/h1-2,4,7H,3,5-6H2. The lowest BCUT2D eigenvalue weighted by Crippen LogP contribution is -2.25. The van der Waals surface area contributed by atoms with Crippen LogP contribution in [0.3, 0.4) is 0 Å². The predicted octanol–water partition coefficient (Wildman–Crippen LogP) is 3.18. The number of carbonyl (C=O) groups is 1. The average Bonchev–Trinajstić information content (AvgIpc) is 2.63. The number of carbonyl (C=O) groups excluding carboxylic acids is 1. The molecule has 86 valence electrons. The molecule has 1 fully saturated rings. The second-order valence-corrected chi connectivity index (χ2v) is 5.63. The second kappa shape index (κ2) is 5.00. The van der Waals surface area contributed by atoms with E-state index in [1.54, 1.807) is 11.0 Å². The number of amides is 1. The van der Waals surface area contributed by atoms with Crippen molar-refractivity contribution in [2.24, 2.45) is 5.92 Å². The Kier molecular flexibility index (Phi) is 3.84. The van der Waals surface area contributed by atoms with Crippen molar-refractivity contribution < 1.29 is 9.18 Å². The molecule has 1 aromatic carbocycles. The molecule has 2 rings (SSSR count). The van der Waals surface area contributed by atoms with Crippen LogP contribution >= 0.6 is 38.5 Å². The molecular weight excluding hydrogens is 388 g/mol. The van der Waals surface area contributed by atoms with E-state index in [0.29, 0.717) is 24.6 Å². The zero-order chi connectivity index (χ0) is 11.7. The van der Waals surface area contributed by atoms with Crippen LogP contribution < -0.4 is 4.90 Å². The number of alkyl halides is 1. The van der Waals surface area contributed by atoms with Crippen LogP contribution in [0, 0.1) is 15.3 Å². The maximum absolute atomic E-state index is 13.2. The van der Waals surface area contributed by atoms with E-state index in [-0.39, 0.29) is 11.7 Å². The first-order valence-electron chi connectivity index (χ1n) is 4.93. The van der Waals surface area contributed by atoms with Gasteiger partial charge in [-0.05, 0) is 46.7 Å². The number of hydrogen-bond acceptors (Lipinski definition) is 1. The van der Waals surface area contributed by atoms with Crippen LogP contribution in [0.4, 0.5) is 10.1 Å². The molecule has 1 aromatic rings. The van der Waals surface area contributed by atoms with E-state index < -0.39 is 0 Å². The second-order valence-electron chi connectivity index (χ2n) is 3.82. The van der Waals surface area contributed by atoms with Gasteiger partial charge < -0.3 is 4.90 Å². The molecule has 1 atom stereocenters. The van der Waals surface area contributed by atoms with Gasteiger partial charge in [-0.15, -0.1) is 0 Å². The van der Waals surface area contributed by atoms with Crippen LogP contribution in [0.2, 0.25) is 0 Å². The van der Waals surface area contributed by atoms with Gasteiger partial charge in [0.15, 0.2) is 0 Å². The molecular formula is C11H10BrFINO. The summed E-state index contributed by atoms with van der Waals surface area (Å²) in [6.07, 6.45) is 0.540. The quantitative estimate of drug-likeness (QED) is 0.554. The average molecular weight is 398 g/mol. The van der Waals surface area contributed by atoms with Gasteiger partial charge in [-0.3, -0.25) is 4.79 Å². The topological polar surface area (TPSA) is 20.3 Å². The molecule has 0 radical (unpaired) electrons. The zero-order valence-electron chi connectivity index (χ0n) is 8.42. The molecule has 1 unspecified atom stereocenters. The molecule has 16 heavy (non-hydrogen) atoms. The van der Waals surface area contributed by atoms with Gasteiger partial charge in [-0.2, -0.15) is 0 Å². The van der Waals surface area contributed by atoms with Gasteiger partial charge in [0.05, 0.1) is 5.69 Å². The fourth-order valence-electron chi connectivity index (χ4n) is 1.81.